The number of halogens is 2. The van der Waals surface area contributed by atoms with Crippen molar-refractivity contribution < 1.29 is 18.7 Å². The van der Waals surface area contributed by atoms with Gasteiger partial charge in [0.1, 0.15) is 11.4 Å². The highest BCUT2D eigenvalue weighted by Gasteiger charge is 2.17. The molecule has 2 aromatic rings. The maximum absolute atomic E-state index is 14.3. The van der Waals surface area contributed by atoms with Crippen LogP contribution in [-0.2, 0) is 11.3 Å². The number of carbonyl (C=O) groups is 2. The predicted octanol–water partition coefficient (Wildman–Crippen LogP) is 5.36. The number of carbonyl (C=O) groups excluding carboxylic acids is 2. The SMILES string of the molecule is CC(C)(C)OC(=O)Nc1ccccc1NCc1ccc(Br)c(C=O)c1F. The molecule has 0 heterocycles. The van der Waals surface area contributed by atoms with E-state index in [0.717, 1.165) is 0 Å². The van der Waals surface area contributed by atoms with Gasteiger partial charge in [-0.15, -0.1) is 0 Å². The lowest BCUT2D eigenvalue weighted by Crippen LogP contribution is -2.27. The summed E-state index contributed by atoms with van der Waals surface area (Å²) in [4.78, 5) is 23.0. The van der Waals surface area contributed by atoms with Gasteiger partial charge >= 0.3 is 6.09 Å². The van der Waals surface area contributed by atoms with E-state index in [4.69, 9.17) is 4.74 Å². The molecule has 5 nitrogen and oxygen atoms in total. The fraction of sp³-hybridized carbons (Fsp3) is 0.263. The summed E-state index contributed by atoms with van der Waals surface area (Å²) in [6.07, 6.45) is -0.106. The van der Waals surface area contributed by atoms with Gasteiger partial charge in [-0.2, -0.15) is 0 Å². The lowest BCUT2D eigenvalue weighted by atomic mass is 10.1. The Kier molecular flexibility index (Phi) is 6.37. The molecular formula is C19H20BrFN2O3. The molecule has 2 rings (SSSR count). The van der Waals surface area contributed by atoms with E-state index < -0.39 is 17.5 Å². The first-order valence-corrected chi connectivity index (χ1v) is 8.75. The fourth-order valence-corrected chi connectivity index (χ4v) is 2.61. The van der Waals surface area contributed by atoms with Gasteiger partial charge in [0, 0.05) is 16.6 Å². The van der Waals surface area contributed by atoms with Crippen LogP contribution in [0.2, 0.25) is 0 Å². The van der Waals surface area contributed by atoms with Gasteiger partial charge in [-0.05, 0) is 54.9 Å². The highest BCUT2D eigenvalue weighted by atomic mass is 79.9. The third-order valence-electron chi connectivity index (χ3n) is 3.36. The minimum atomic E-state index is -0.613. The summed E-state index contributed by atoms with van der Waals surface area (Å²) < 4.78 is 20.0. The lowest BCUT2D eigenvalue weighted by Gasteiger charge is -2.20. The number of benzene rings is 2. The molecule has 0 spiro atoms. The third kappa shape index (κ3) is 5.29. The van der Waals surface area contributed by atoms with Crippen molar-refractivity contribution in [3.05, 3.63) is 57.8 Å². The second-order valence-electron chi connectivity index (χ2n) is 6.58. The maximum Gasteiger partial charge on any atom is 0.412 e. The van der Waals surface area contributed by atoms with Gasteiger partial charge in [0.15, 0.2) is 6.29 Å². The van der Waals surface area contributed by atoms with Crippen molar-refractivity contribution in [3.8, 4) is 0 Å². The maximum atomic E-state index is 14.3. The quantitative estimate of drug-likeness (QED) is 0.636. The molecule has 0 atom stereocenters. The molecule has 7 heteroatoms. The third-order valence-corrected chi connectivity index (χ3v) is 4.05. The number of hydrogen-bond donors (Lipinski definition) is 2. The second kappa shape index (κ2) is 8.31. The van der Waals surface area contributed by atoms with Crippen LogP contribution < -0.4 is 10.6 Å². The summed E-state index contributed by atoms with van der Waals surface area (Å²) >= 11 is 3.15. The Morgan fingerprint density at radius 2 is 1.85 bits per heavy atom. The highest BCUT2D eigenvalue weighted by Crippen LogP contribution is 2.25. The van der Waals surface area contributed by atoms with Crippen LogP contribution in [0.5, 0.6) is 0 Å². The van der Waals surface area contributed by atoms with E-state index >= 15 is 0 Å². The van der Waals surface area contributed by atoms with Crippen LogP contribution in [0.1, 0.15) is 36.7 Å². The van der Waals surface area contributed by atoms with Gasteiger partial charge in [0.2, 0.25) is 0 Å². The molecule has 2 aromatic carbocycles. The Balaban J connectivity index is 2.14. The Bertz CT molecular complexity index is 819. The predicted molar refractivity (Wildman–Crippen MR) is 103 cm³/mol. The molecule has 0 bridgehead atoms. The standard InChI is InChI=1S/C19H20BrFN2O3/c1-19(2,3)26-18(25)23-16-7-5-4-6-15(16)22-10-12-8-9-14(20)13(11-24)17(12)21/h4-9,11,22H,10H2,1-3H3,(H,23,25). The smallest absolute Gasteiger partial charge is 0.412 e. The van der Waals surface area contributed by atoms with E-state index in [9.17, 15) is 14.0 Å². The van der Waals surface area contributed by atoms with Crippen molar-refractivity contribution in [3.63, 3.8) is 0 Å². The monoisotopic (exact) mass is 422 g/mol. The molecule has 0 radical (unpaired) electrons. The molecule has 0 saturated heterocycles. The van der Waals surface area contributed by atoms with Crippen LogP contribution in [-0.4, -0.2) is 18.0 Å². The summed E-state index contributed by atoms with van der Waals surface area (Å²) in [5, 5.41) is 5.74. The number of nitrogens with one attached hydrogen (secondary N) is 2. The van der Waals surface area contributed by atoms with Crippen molar-refractivity contribution in [1.29, 1.82) is 0 Å². The first-order chi connectivity index (χ1) is 12.2. The van der Waals surface area contributed by atoms with E-state index in [1.807, 2.05) is 0 Å². The average molecular weight is 423 g/mol. The summed E-state index contributed by atoms with van der Waals surface area (Å²) in [6.45, 7) is 5.47. The zero-order valence-electron chi connectivity index (χ0n) is 14.7. The zero-order chi connectivity index (χ0) is 19.3. The normalized spacial score (nSPS) is 11.0. The van der Waals surface area contributed by atoms with E-state index in [-0.39, 0.29) is 12.1 Å². The van der Waals surface area contributed by atoms with Gasteiger partial charge in [-0.25, -0.2) is 9.18 Å². The Morgan fingerprint density at radius 3 is 2.46 bits per heavy atom. The van der Waals surface area contributed by atoms with E-state index in [0.29, 0.717) is 27.7 Å². The molecule has 0 aliphatic carbocycles. The number of anilines is 2. The number of hydrogen-bond acceptors (Lipinski definition) is 4. The molecular weight excluding hydrogens is 403 g/mol. The van der Waals surface area contributed by atoms with Crippen LogP contribution in [0.15, 0.2) is 40.9 Å². The van der Waals surface area contributed by atoms with Crippen molar-refractivity contribution >= 4 is 39.7 Å². The molecule has 0 aromatic heterocycles. The van der Waals surface area contributed by atoms with Crippen LogP contribution in [0.4, 0.5) is 20.6 Å². The first-order valence-electron chi connectivity index (χ1n) is 7.96. The topological polar surface area (TPSA) is 67.4 Å². The average Bonchev–Trinajstić information content (AvgIpc) is 2.54. The number of amides is 1. The molecule has 138 valence electrons. The molecule has 1 amide bonds. The molecule has 0 aliphatic heterocycles. The highest BCUT2D eigenvalue weighted by molar-refractivity contribution is 9.10. The first kappa shape index (κ1) is 19.9. The Hall–Kier alpha value is -2.41. The van der Waals surface area contributed by atoms with Gasteiger partial charge in [-0.1, -0.05) is 18.2 Å². The van der Waals surface area contributed by atoms with E-state index in [1.165, 1.54) is 0 Å². The summed E-state index contributed by atoms with van der Waals surface area (Å²) in [5.74, 6) is -0.584. The fourth-order valence-electron chi connectivity index (χ4n) is 2.21. The Labute approximate surface area is 160 Å². The zero-order valence-corrected chi connectivity index (χ0v) is 16.3. The van der Waals surface area contributed by atoms with Gasteiger partial charge in [0.05, 0.1) is 16.9 Å². The molecule has 0 aliphatic rings. The Morgan fingerprint density at radius 1 is 1.19 bits per heavy atom. The summed E-state index contributed by atoms with van der Waals surface area (Å²) in [5.41, 5.74) is 0.813. The van der Waals surface area contributed by atoms with E-state index in [1.54, 1.807) is 57.2 Å². The van der Waals surface area contributed by atoms with Crippen LogP contribution in [0, 0.1) is 5.82 Å². The van der Waals surface area contributed by atoms with Crippen molar-refractivity contribution in [2.24, 2.45) is 0 Å². The van der Waals surface area contributed by atoms with Crippen LogP contribution in [0.3, 0.4) is 0 Å². The molecule has 2 N–H and O–H groups in total. The molecule has 0 unspecified atom stereocenters. The number of para-hydroxylation sites is 2. The van der Waals surface area contributed by atoms with Gasteiger partial charge in [0.25, 0.3) is 0 Å². The van der Waals surface area contributed by atoms with Crippen LogP contribution >= 0.6 is 15.9 Å². The number of rotatable bonds is 5. The largest absolute Gasteiger partial charge is 0.444 e. The van der Waals surface area contributed by atoms with Crippen molar-refractivity contribution in [2.45, 2.75) is 32.9 Å². The van der Waals surface area contributed by atoms with Crippen molar-refractivity contribution in [2.75, 3.05) is 10.6 Å². The second-order valence-corrected chi connectivity index (χ2v) is 7.43. The van der Waals surface area contributed by atoms with Gasteiger partial charge in [-0.3, -0.25) is 10.1 Å². The molecule has 0 saturated carbocycles. The number of aldehydes is 1. The molecule has 26 heavy (non-hydrogen) atoms. The summed E-state index contributed by atoms with van der Waals surface area (Å²) in [6, 6.07) is 10.2. The minimum Gasteiger partial charge on any atom is -0.444 e. The summed E-state index contributed by atoms with van der Waals surface area (Å²) in [7, 11) is 0. The van der Waals surface area contributed by atoms with Crippen molar-refractivity contribution in [1.82, 2.24) is 0 Å². The van der Waals surface area contributed by atoms with E-state index in [2.05, 4.69) is 26.6 Å². The molecule has 0 fully saturated rings. The minimum absolute atomic E-state index is 0.0236. The number of ether oxygens (including phenoxy) is 1. The van der Waals surface area contributed by atoms with Crippen LogP contribution in [0.25, 0.3) is 0 Å². The lowest BCUT2D eigenvalue weighted by molar-refractivity contribution is 0.0636. The van der Waals surface area contributed by atoms with Gasteiger partial charge < -0.3 is 10.1 Å².